The van der Waals surface area contributed by atoms with E-state index in [2.05, 4.69) is 20.8 Å². The van der Waals surface area contributed by atoms with Crippen molar-refractivity contribution in [1.82, 2.24) is 20.1 Å². The molecule has 1 heterocycles. The summed E-state index contributed by atoms with van der Waals surface area (Å²) in [5.41, 5.74) is 0.948. The number of thioether (sulfide) groups is 1. The molecule has 0 aliphatic carbocycles. The molecule has 0 radical (unpaired) electrons. The summed E-state index contributed by atoms with van der Waals surface area (Å²) in [6.45, 7) is 1.81. The minimum absolute atomic E-state index is 0.0986. The van der Waals surface area contributed by atoms with Crippen molar-refractivity contribution in [2.24, 2.45) is 7.05 Å². The summed E-state index contributed by atoms with van der Waals surface area (Å²) in [7, 11) is 3.34. The number of benzene rings is 2. The molecule has 2 N–H and O–H groups in total. The van der Waals surface area contributed by atoms with Crippen molar-refractivity contribution in [3.63, 3.8) is 0 Å². The first-order valence-electron chi connectivity index (χ1n) is 9.50. The highest BCUT2D eigenvalue weighted by Gasteiger charge is 2.19. The first-order valence-corrected chi connectivity index (χ1v) is 11.2. The number of nitrogens with zero attached hydrogens (tertiary/aromatic N) is 3. The molecule has 0 unspecified atom stereocenters. The summed E-state index contributed by atoms with van der Waals surface area (Å²) >= 11 is 13.2. The Kier molecular flexibility index (Phi) is 8.00. The molecule has 11 heteroatoms. The maximum Gasteiger partial charge on any atom is 0.251 e. The van der Waals surface area contributed by atoms with E-state index in [0.717, 1.165) is 0 Å². The Hall–Kier alpha value is -2.75. The van der Waals surface area contributed by atoms with Crippen LogP contribution in [0.3, 0.4) is 0 Å². The van der Waals surface area contributed by atoms with Gasteiger partial charge in [-0.15, -0.1) is 10.2 Å². The zero-order chi connectivity index (χ0) is 23.3. The summed E-state index contributed by atoms with van der Waals surface area (Å²) in [5.74, 6) is 0.833. The number of halogens is 2. The molecule has 32 heavy (non-hydrogen) atoms. The molecule has 168 valence electrons. The van der Waals surface area contributed by atoms with E-state index in [-0.39, 0.29) is 17.6 Å². The highest BCUT2D eigenvalue weighted by atomic mass is 35.5. The molecular formula is C21H21Cl2N5O3S. The number of hydrogen-bond acceptors (Lipinski definition) is 6. The van der Waals surface area contributed by atoms with Crippen molar-refractivity contribution < 1.29 is 14.3 Å². The number of amides is 2. The molecule has 0 saturated heterocycles. The number of rotatable bonds is 8. The summed E-state index contributed by atoms with van der Waals surface area (Å²) in [5, 5.41) is 15.3. The number of carbonyl (C=O) groups excluding carboxylic acids is 2. The van der Waals surface area contributed by atoms with Crippen LogP contribution < -0.4 is 15.4 Å². The Balaban J connectivity index is 1.58. The van der Waals surface area contributed by atoms with Gasteiger partial charge < -0.3 is 19.9 Å². The molecule has 3 aromatic rings. The predicted octanol–water partition coefficient (Wildman–Crippen LogP) is 4.35. The van der Waals surface area contributed by atoms with Crippen LogP contribution in [-0.4, -0.2) is 39.4 Å². The van der Waals surface area contributed by atoms with Crippen LogP contribution >= 0.6 is 35.0 Å². The van der Waals surface area contributed by atoms with Gasteiger partial charge in [0, 0.05) is 17.6 Å². The largest absolute Gasteiger partial charge is 0.497 e. The Morgan fingerprint density at radius 1 is 1.16 bits per heavy atom. The van der Waals surface area contributed by atoms with Gasteiger partial charge in [-0.1, -0.05) is 35.0 Å². The van der Waals surface area contributed by atoms with Gasteiger partial charge in [0.15, 0.2) is 11.0 Å². The molecule has 0 aliphatic heterocycles. The fourth-order valence-corrected chi connectivity index (χ4v) is 3.88. The molecule has 1 aromatic heterocycles. The highest BCUT2D eigenvalue weighted by Crippen LogP contribution is 2.26. The van der Waals surface area contributed by atoms with E-state index in [9.17, 15) is 9.59 Å². The van der Waals surface area contributed by atoms with E-state index in [1.165, 1.54) is 11.8 Å². The normalized spacial score (nSPS) is 11.7. The van der Waals surface area contributed by atoms with Crippen LogP contribution in [-0.2, 0) is 11.8 Å². The van der Waals surface area contributed by atoms with E-state index < -0.39 is 6.04 Å². The first-order chi connectivity index (χ1) is 15.3. The summed E-state index contributed by atoms with van der Waals surface area (Å²) in [6.07, 6.45) is 0. The zero-order valence-corrected chi connectivity index (χ0v) is 19.9. The lowest BCUT2D eigenvalue weighted by molar-refractivity contribution is -0.113. The average molecular weight is 494 g/mol. The summed E-state index contributed by atoms with van der Waals surface area (Å²) < 4.78 is 6.84. The number of ether oxygens (including phenoxy) is 1. The summed E-state index contributed by atoms with van der Waals surface area (Å²) in [6, 6.07) is 11.3. The summed E-state index contributed by atoms with van der Waals surface area (Å²) in [4.78, 5) is 24.8. The molecule has 2 amide bonds. The van der Waals surface area contributed by atoms with Crippen molar-refractivity contribution in [3.8, 4) is 5.75 Å². The lowest BCUT2D eigenvalue weighted by Gasteiger charge is -2.14. The van der Waals surface area contributed by atoms with Crippen molar-refractivity contribution in [1.29, 1.82) is 0 Å². The van der Waals surface area contributed by atoms with Gasteiger partial charge in [0.1, 0.15) is 5.75 Å². The molecule has 2 aromatic carbocycles. The van der Waals surface area contributed by atoms with E-state index in [1.54, 1.807) is 61.2 Å². The van der Waals surface area contributed by atoms with Crippen molar-refractivity contribution in [2.45, 2.75) is 18.1 Å². The predicted molar refractivity (Wildman–Crippen MR) is 126 cm³/mol. The Bertz CT molecular complexity index is 1120. The molecule has 0 aliphatic rings. The van der Waals surface area contributed by atoms with Crippen LogP contribution in [0.5, 0.6) is 5.75 Å². The second kappa shape index (κ2) is 10.7. The Labute approximate surface area is 199 Å². The zero-order valence-electron chi connectivity index (χ0n) is 17.6. The lowest BCUT2D eigenvalue weighted by Crippen LogP contribution is -2.28. The third kappa shape index (κ3) is 5.93. The first kappa shape index (κ1) is 23.9. The van der Waals surface area contributed by atoms with Gasteiger partial charge in [-0.3, -0.25) is 9.59 Å². The standard InChI is InChI=1S/C21H21Cl2N5O3S/c1-12(24-20(30)13-4-7-15(31-3)8-5-13)19-26-27-21(28(19)2)32-11-18(29)25-17-10-14(22)6-9-16(17)23/h4-10,12H,11H2,1-3H3,(H,24,30)(H,25,29)/t12-/m1/s1. The van der Waals surface area contributed by atoms with Crippen LogP contribution in [0.2, 0.25) is 10.0 Å². The minimum Gasteiger partial charge on any atom is -0.497 e. The van der Waals surface area contributed by atoms with Crippen molar-refractivity contribution >= 4 is 52.5 Å². The number of hydrogen-bond donors (Lipinski definition) is 2. The molecular weight excluding hydrogens is 473 g/mol. The average Bonchev–Trinajstić information content (AvgIpc) is 3.15. The van der Waals surface area contributed by atoms with Crippen molar-refractivity contribution in [2.75, 3.05) is 18.2 Å². The van der Waals surface area contributed by atoms with Crippen LogP contribution in [0.25, 0.3) is 0 Å². The number of nitrogens with one attached hydrogen (secondary N) is 2. The van der Waals surface area contributed by atoms with Crippen LogP contribution in [0.15, 0.2) is 47.6 Å². The molecule has 0 spiro atoms. The molecule has 0 saturated carbocycles. The molecule has 3 rings (SSSR count). The SMILES string of the molecule is COc1ccc(C(=O)N[C@H](C)c2nnc(SCC(=O)Nc3cc(Cl)ccc3Cl)n2C)cc1. The second-order valence-electron chi connectivity index (χ2n) is 6.78. The lowest BCUT2D eigenvalue weighted by atomic mass is 10.2. The van der Waals surface area contributed by atoms with Crippen LogP contribution in [0.1, 0.15) is 29.1 Å². The van der Waals surface area contributed by atoms with E-state index in [0.29, 0.717) is 38.0 Å². The fourth-order valence-electron chi connectivity index (χ4n) is 2.83. The highest BCUT2D eigenvalue weighted by molar-refractivity contribution is 7.99. The number of carbonyl (C=O) groups is 2. The van der Waals surface area contributed by atoms with Gasteiger partial charge in [0.2, 0.25) is 5.91 Å². The smallest absolute Gasteiger partial charge is 0.251 e. The minimum atomic E-state index is -0.393. The van der Waals surface area contributed by atoms with E-state index in [4.69, 9.17) is 27.9 Å². The van der Waals surface area contributed by atoms with Gasteiger partial charge in [0.05, 0.1) is 29.6 Å². The monoisotopic (exact) mass is 493 g/mol. The Morgan fingerprint density at radius 3 is 2.56 bits per heavy atom. The third-order valence-corrected chi connectivity index (χ3v) is 6.08. The van der Waals surface area contributed by atoms with Gasteiger partial charge >= 0.3 is 0 Å². The van der Waals surface area contributed by atoms with Gasteiger partial charge in [0.25, 0.3) is 5.91 Å². The van der Waals surface area contributed by atoms with Gasteiger partial charge in [-0.25, -0.2) is 0 Å². The molecule has 8 nitrogen and oxygen atoms in total. The second-order valence-corrected chi connectivity index (χ2v) is 8.57. The van der Waals surface area contributed by atoms with E-state index in [1.807, 2.05) is 6.92 Å². The van der Waals surface area contributed by atoms with Crippen LogP contribution in [0.4, 0.5) is 5.69 Å². The number of aromatic nitrogens is 3. The maximum atomic E-state index is 12.5. The van der Waals surface area contributed by atoms with Gasteiger partial charge in [-0.05, 0) is 49.4 Å². The maximum absolute atomic E-state index is 12.5. The quantitative estimate of drug-likeness (QED) is 0.452. The van der Waals surface area contributed by atoms with Crippen LogP contribution in [0, 0.1) is 0 Å². The molecule has 1 atom stereocenters. The number of methoxy groups -OCH3 is 1. The number of anilines is 1. The van der Waals surface area contributed by atoms with E-state index >= 15 is 0 Å². The van der Waals surface area contributed by atoms with Gasteiger partial charge in [-0.2, -0.15) is 0 Å². The topological polar surface area (TPSA) is 98.1 Å². The molecule has 0 fully saturated rings. The fraction of sp³-hybridized carbons (Fsp3) is 0.238. The Morgan fingerprint density at radius 2 is 1.88 bits per heavy atom. The third-order valence-electron chi connectivity index (χ3n) is 4.49. The molecule has 0 bridgehead atoms. The van der Waals surface area contributed by atoms with Crippen molar-refractivity contribution in [3.05, 3.63) is 63.9 Å².